The predicted molar refractivity (Wildman–Crippen MR) is 92.2 cm³/mol. The number of likely N-dealkylation sites (N-methyl/N-ethyl adjacent to an activating group) is 1. The summed E-state index contributed by atoms with van der Waals surface area (Å²) in [7, 11) is 1.90. The number of fused-ring (bicyclic) bond motifs is 1. The Bertz CT molecular complexity index is 860. The number of rotatable bonds is 4. The van der Waals surface area contributed by atoms with E-state index in [-0.39, 0.29) is 12.1 Å². The molecule has 0 radical (unpaired) electrons. The fourth-order valence-electron chi connectivity index (χ4n) is 3.31. The molecule has 1 aliphatic heterocycles. The Morgan fingerprint density at radius 1 is 1.36 bits per heavy atom. The second-order valence-corrected chi connectivity index (χ2v) is 5.89. The number of imidazole rings is 1. The number of hydrogen-bond acceptors (Lipinski definition) is 7. The van der Waals surface area contributed by atoms with E-state index in [1.54, 1.807) is 41.9 Å². The Balaban J connectivity index is 1.91. The first-order chi connectivity index (χ1) is 12.2. The van der Waals surface area contributed by atoms with Gasteiger partial charge in [-0.2, -0.15) is 10.1 Å². The zero-order chi connectivity index (χ0) is 17.4. The van der Waals surface area contributed by atoms with Crippen LogP contribution in [0.5, 0.6) is 0 Å². The maximum absolute atomic E-state index is 11.8. The SMILES string of the molecule is CCC1C(C=O)N(C)c2cnc(-n3ccnc3)nc2N1c1cn[nH]c1. The van der Waals surface area contributed by atoms with Gasteiger partial charge in [-0.3, -0.25) is 9.67 Å². The van der Waals surface area contributed by atoms with Crippen molar-refractivity contribution >= 4 is 23.5 Å². The van der Waals surface area contributed by atoms with Crippen LogP contribution < -0.4 is 9.80 Å². The second-order valence-electron chi connectivity index (χ2n) is 5.89. The van der Waals surface area contributed by atoms with Crippen LogP contribution in [0.1, 0.15) is 13.3 Å². The van der Waals surface area contributed by atoms with E-state index in [0.29, 0.717) is 5.95 Å². The summed E-state index contributed by atoms with van der Waals surface area (Å²) in [5, 5.41) is 6.89. The summed E-state index contributed by atoms with van der Waals surface area (Å²) in [5.74, 6) is 1.27. The zero-order valence-corrected chi connectivity index (χ0v) is 13.9. The fourth-order valence-corrected chi connectivity index (χ4v) is 3.31. The maximum atomic E-state index is 11.8. The van der Waals surface area contributed by atoms with Gasteiger partial charge in [0.1, 0.15) is 18.7 Å². The maximum Gasteiger partial charge on any atom is 0.236 e. The monoisotopic (exact) mass is 338 g/mol. The summed E-state index contributed by atoms with van der Waals surface area (Å²) in [6, 6.07) is -0.353. The minimum absolute atomic E-state index is 0.0573. The van der Waals surface area contributed by atoms with Crippen LogP contribution in [0.4, 0.5) is 17.2 Å². The molecule has 1 aliphatic rings. The van der Waals surface area contributed by atoms with Crippen LogP contribution in [-0.2, 0) is 4.79 Å². The van der Waals surface area contributed by atoms with Gasteiger partial charge in [0.15, 0.2) is 5.82 Å². The van der Waals surface area contributed by atoms with Crippen molar-refractivity contribution in [2.45, 2.75) is 25.4 Å². The quantitative estimate of drug-likeness (QED) is 0.717. The van der Waals surface area contributed by atoms with Crippen LogP contribution in [0.15, 0.2) is 37.3 Å². The van der Waals surface area contributed by atoms with Crippen LogP contribution in [-0.4, -0.2) is 55.1 Å². The molecule has 3 aromatic heterocycles. The number of anilines is 3. The number of aldehydes is 1. The van der Waals surface area contributed by atoms with Gasteiger partial charge in [0, 0.05) is 25.6 Å². The lowest BCUT2D eigenvalue weighted by Crippen LogP contribution is -2.54. The highest BCUT2D eigenvalue weighted by Crippen LogP contribution is 2.40. The topological polar surface area (TPSA) is 95.8 Å². The van der Waals surface area contributed by atoms with E-state index in [1.165, 1.54) is 0 Å². The Kier molecular flexibility index (Phi) is 3.68. The first kappa shape index (κ1) is 15.3. The number of nitrogens with one attached hydrogen (secondary N) is 1. The molecule has 0 bridgehead atoms. The molecule has 3 aromatic rings. The van der Waals surface area contributed by atoms with E-state index < -0.39 is 0 Å². The highest BCUT2D eigenvalue weighted by Gasteiger charge is 2.39. The molecule has 0 aromatic carbocycles. The third-order valence-corrected chi connectivity index (χ3v) is 4.57. The molecule has 9 heteroatoms. The predicted octanol–water partition coefficient (Wildman–Crippen LogP) is 1.32. The largest absolute Gasteiger partial charge is 0.359 e. The highest BCUT2D eigenvalue weighted by atomic mass is 16.1. The summed E-state index contributed by atoms with van der Waals surface area (Å²) in [4.78, 5) is 29.0. The van der Waals surface area contributed by atoms with Gasteiger partial charge in [0.25, 0.3) is 0 Å². The van der Waals surface area contributed by atoms with Crippen molar-refractivity contribution in [2.75, 3.05) is 16.8 Å². The number of H-pyrrole nitrogens is 1. The molecule has 1 N–H and O–H groups in total. The van der Waals surface area contributed by atoms with Gasteiger partial charge in [-0.25, -0.2) is 9.97 Å². The number of hydrogen-bond donors (Lipinski definition) is 1. The van der Waals surface area contributed by atoms with Crippen LogP contribution in [0.2, 0.25) is 0 Å². The van der Waals surface area contributed by atoms with Gasteiger partial charge in [0.2, 0.25) is 5.95 Å². The minimum Gasteiger partial charge on any atom is -0.359 e. The molecule has 2 unspecified atom stereocenters. The normalized spacial score (nSPS) is 19.8. The molecule has 0 saturated carbocycles. The molecule has 0 amide bonds. The van der Waals surface area contributed by atoms with Gasteiger partial charge in [-0.1, -0.05) is 6.92 Å². The van der Waals surface area contributed by atoms with Crippen molar-refractivity contribution in [3.63, 3.8) is 0 Å². The molecule has 25 heavy (non-hydrogen) atoms. The summed E-state index contributed by atoms with van der Waals surface area (Å²) in [6.07, 6.45) is 12.2. The third kappa shape index (κ3) is 2.35. The van der Waals surface area contributed by atoms with E-state index >= 15 is 0 Å². The summed E-state index contributed by atoms with van der Waals surface area (Å²) < 4.78 is 1.75. The third-order valence-electron chi connectivity index (χ3n) is 4.57. The molecule has 4 rings (SSSR count). The molecule has 0 fully saturated rings. The van der Waals surface area contributed by atoms with E-state index in [1.807, 2.05) is 11.9 Å². The first-order valence-corrected chi connectivity index (χ1v) is 8.06. The van der Waals surface area contributed by atoms with E-state index in [4.69, 9.17) is 4.98 Å². The van der Waals surface area contributed by atoms with Crippen molar-refractivity contribution in [1.29, 1.82) is 0 Å². The van der Waals surface area contributed by atoms with Gasteiger partial charge in [0.05, 0.1) is 29.8 Å². The van der Waals surface area contributed by atoms with Crippen LogP contribution in [0.25, 0.3) is 5.95 Å². The van der Waals surface area contributed by atoms with Crippen molar-refractivity contribution in [3.8, 4) is 5.95 Å². The Labute approximate surface area is 144 Å². The van der Waals surface area contributed by atoms with Crippen molar-refractivity contribution < 1.29 is 4.79 Å². The average molecular weight is 338 g/mol. The molecule has 0 saturated heterocycles. The van der Waals surface area contributed by atoms with E-state index in [0.717, 1.165) is 29.9 Å². The Morgan fingerprint density at radius 2 is 2.24 bits per heavy atom. The molecule has 0 aliphatic carbocycles. The van der Waals surface area contributed by atoms with Gasteiger partial charge in [-0.15, -0.1) is 0 Å². The molecule has 128 valence electrons. The molecule has 0 spiro atoms. The minimum atomic E-state index is -0.296. The van der Waals surface area contributed by atoms with Crippen molar-refractivity contribution in [3.05, 3.63) is 37.3 Å². The van der Waals surface area contributed by atoms with Crippen LogP contribution >= 0.6 is 0 Å². The summed E-state index contributed by atoms with van der Waals surface area (Å²) in [5.41, 5.74) is 1.66. The number of aromatic nitrogens is 6. The molecular formula is C16H18N8O. The zero-order valence-electron chi connectivity index (χ0n) is 13.9. The number of aromatic amines is 1. The van der Waals surface area contributed by atoms with Crippen molar-refractivity contribution in [1.82, 2.24) is 29.7 Å². The lowest BCUT2D eigenvalue weighted by Gasteiger charge is -2.45. The summed E-state index contributed by atoms with van der Waals surface area (Å²) >= 11 is 0. The summed E-state index contributed by atoms with van der Waals surface area (Å²) in [6.45, 7) is 2.06. The Morgan fingerprint density at radius 3 is 2.88 bits per heavy atom. The van der Waals surface area contributed by atoms with Gasteiger partial charge < -0.3 is 14.6 Å². The van der Waals surface area contributed by atoms with E-state index in [9.17, 15) is 4.79 Å². The first-order valence-electron chi connectivity index (χ1n) is 8.06. The standard InChI is InChI=1S/C16H18N8O/c1-3-12-14(9-25)22(2)13-8-18-16(23-5-4-17-10-23)21-15(13)24(12)11-6-19-20-7-11/h4-10,12,14H,3H2,1-2H3,(H,19,20). The smallest absolute Gasteiger partial charge is 0.236 e. The number of nitrogens with zero attached hydrogens (tertiary/aromatic N) is 7. The molecule has 2 atom stereocenters. The number of carbonyl (C=O) groups excluding carboxylic acids is 1. The fraction of sp³-hybridized carbons (Fsp3) is 0.312. The number of carbonyl (C=O) groups is 1. The lowest BCUT2D eigenvalue weighted by molar-refractivity contribution is -0.109. The van der Waals surface area contributed by atoms with Gasteiger partial charge >= 0.3 is 0 Å². The Hall–Kier alpha value is -3.23. The van der Waals surface area contributed by atoms with E-state index in [2.05, 4.69) is 32.0 Å². The van der Waals surface area contributed by atoms with Gasteiger partial charge in [-0.05, 0) is 6.42 Å². The molecule has 4 heterocycles. The van der Waals surface area contributed by atoms with Crippen molar-refractivity contribution in [2.24, 2.45) is 0 Å². The highest BCUT2D eigenvalue weighted by molar-refractivity contribution is 5.82. The second kappa shape index (κ2) is 6.00. The average Bonchev–Trinajstić information content (AvgIpc) is 3.34. The lowest BCUT2D eigenvalue weighted by atomic mass is 9.99. The molecule has 9 nitrogen and oxygen atoms in total. The van der Waals surface area contributed by atoms with Crippen LogP contribution in [0.3, 0.4) is 0 Å². The van der Waals surface area contributed by atoms with Crippen LogP contribution in [0, 0.1) is 0 Å². The molecular weight excluding hydrogens is 320 g/mol.